The summed E-state index contributed by atoms with van der Waals surface area (Å²) in [5.41, 5.74) is 2.18. The van der Waals surface area contributed by atoms with Crippen molar-refractivity contribution in [1.82, 2.24) is 14.9 Å². The number of aromatic nitrogens is 2. The number of likely N-dealkylation sites (tertiary alicyclic amines) is 1. The van der Waals surface area contributed by atoms with Gasteiger partial charge in [-0.05, 0) is 44.0 Å². The fourth-order valence-electron chi connectivity index (χ4n) is 3.34. The first-order valence-electron chi connectivity index (χ1n) is 8.46. The van der Waals surface area contributed by atoms with E-state index in [9.17, 15) is 9.59 Å². The Morgan fingerprint density at radius 1 is 1.28 bits per heavy atom. The number of oxazole rings is 1. The summed E-state index contributed by atoms with van der Waals surface area (Å²) in [5, 5.41) is 0. The highest BCUT2D eigenvalue weighted by Gasteiger charge is 2.29. The van der Waals surface area contributed by atoms with Gasteiger partial charge in [0.1, 0.15) is 11.1 Å². The smallest absolute Gasteiger partial charge is 0.260 e. The van der Waals surface area contributed by atoms with E-state index in [0.717, 1.165) is 29.6 Å². The second-order valence-corrected chi connectivity index (χ2v) is 6.49. The molecule has 0 saturated carbocycles. The molecule has 6 nitrogen and oxygen atoms in total. The number of piperidine rings is 1. The molecule has 0 aliphatic carbocycles. The van der Waals surface area contributed by atoms with Crippen LogP contribution in [-0.4, -0.2) is 33.9 Å². The third-order valence-electron chi connectivity index (χ3n) is 4.65. The third-order valence-corrected chi connectivity index (χ3v) is 4.65. The van der Waals surface area contributed by atoms with Crippen LogP contribution in [0.25, 0.3) is 11.1 Å². The number of hydrogen-bond donors (Lipinski definition) is 1. The molecule has 1 N–H and O–H groups in total. The lowest BCUT2D eigenvalue weighted by atomic mass is 9.97. The van der Waals surface area contributed by atoms with Gasteiger partial charge in [-0.3, -0.25) is 9.59 Å². The van der Waals surface area contributed by atoms with E-state index in [-0.39, 0.29) is 22.9 Å². The summed E-state index contributed by atoms with van der Waals surface area (Å²) in [4.78, 5) is 33.8. The van der Waals surface area contributed by atoms with Crippen LogP contribution in [0.15, 0.2) is 45.6 Å². The average molecular weight is 337 g/mol. The quantitative estimate of drug-likeness (QED) is 0.780. The molecule has 3 heterocycles. The second kappa shape index (κ2) is 6.20. The predicted octanol–water partition coefficient (Wildman–Crippen LogP) is 2.84. The van der Waals surface area contributed by atoms with E-state index in [1.165, 1.54) is 0 Å². The van der Waals surface area contributed by atoms with E-state index in [1.54, 1.807) is 24.0 Å². The minimum absolute atomic E-state index is 0.0506. The van der Waals surface area contributed by atoms with Crippen molar-refractivity contribution in [3.8, 4) is 0 Å². The van der Waals surface area contributed by atoms with Gasteiger partial charge in [0.25, 0.3) is 11.5 Å². The molecule has 1 amide bonds. The number of nitrogens with zero attached hydrogens (tertiary/aromatic N) is 2. The lowest BCUT2D eigenvalue weighted by molar-refractivity contribution is 0.0697. The highest BCUT2D eigenvalue weighted by Crippen LogP contribution is 2.29. The fourth-order valence-corrected chi connectivity index (χ4v) is 3.34. The molecule has 3 aromatic rings. The zero-order valence-electron chi connectivity index (χ0n) is 14.0. The van der Waals surface area contributed by atoms with Crippen LogP contribution in [0.2, 0.25) is 0 Å². The van der Waals surface area contributed by atoms with E-state index in [4.69, 9.17) is 4.42 Å². The molecule has 1 aliphatic rings. The van der Waals surface area contributed by atoms with Gasteiger partial charge in [0.2, 0.25) is 0 Å². The molecule has 1 unspecified atom stereocenters. The number of aromatic amines is 1. The average Bonchev–Trinajstić information content (AvgIpc) is 3.05. The number of carbonyl (C=O) groups excluding carboxylic acids is 1. The van der Waals surface area contributed by atoms with Gasteiger partial charge in [-0.15, -0.1) is 0 Å². The molecule has 25 heavy (non-hydrogen) atoms. The molecule has 1 aromatic carbocycles. The number of para-hydroxylation sites is 2. The predicted molar refractivity (Wildman–Crippen MR) is 93.7 cm³/mol. The molecule has 1 saturated heterocycles. The molecule has 4 rings (SSSR count). The summed E-state index contributed by atoms with van der Waals surface area (Å²) in [5.74, 6) is 0.480. The van der Waals surface area contributed by atoms with Crippen molar-refractivity contribution in [1.29, 1.82) is 0 Å². The summed E-state index contributed by atoms with van der Waals surface area (Å²) >= 11 is 0. The van der Waals surface area contributed by atoms with Crippen molar-refractivity contribution in [3.63, 3.8) is 0 Å². The van der Waals surface area contributed by atoms with E-state index in [0.29, 0.717) is 19.0 Å². The van der Waals surface area contributed by atoms with Crippen molar-refractivity contribution in [3.05, 3.63) is 63.9 Å². The van der Waals surface area contributed by atoms with Gasteiger partial charge >= 0.3 is 0 Å². The van der Waals surface area contributed by atoms with Crippen LogP contribution in [-0.2, 0) is 0 Å². The standard InChI is InChI=1S/C19H19N3O3/c1-12-8-9-14(17(23)20-12)19(24)22-10-4-5-13(11-22)18-21-15-6-2-3-7-16(15)25-18/h2-3,6-9,13H,4-5,10-11H2,1H3,(H,20,23). The van der Waals surface area contributed by atoms with Gasteiger partial charge < -0.3 is 14.3 Å². The normalized spacial score (nSPS) is 17.8. The van der Waals surface area contributed by atoms with Gasteiger partial charge in [0.15, 0.2) is 11.5 Å². The SMILES string of the molecule is Cc1ccc(C(=O)N2CCCC(c3nc4ccccc4o3)C2)c(=O)[nH]1. The maximum absolute atomic E-state index is 12.7. The largest absolute Gasteiger partial charge is 0.440 e. The van der Waals surface area contributed by atoms with Gasteiger partial charge in [0, 0.05) is 18.8 Å². The van der Waals surface area contributed by atoms with Crippen molar-refractivity contribution in [2.24, 2.45) is 0 Å². The zero-order chi connectivity index (χ0) is 17.4. The summed E-state index contributed by atoms with van der Waals surface area (Å²) in [7, 11) is 0. The number of benzene rings is 1. The maximum atomic E-state index is 12.7. The number of pyridine rings is 1. The number of aryl methyl sites for hydroxylation is 1. The van der Waals surface area contributed by atoms with Crippen LogP contribution in [0.1, 0.15) is 40.7 Å². The van der Waals surface area contributed by atoms with Gasteiger partial charge in [-0.2, -0.15) is 0 Å². The first-order valence-corrected chi connectivity index (χ1v) is 8.46. The minimum atomic E-state index is -0.339. The Hall–Kier alpha value is -2.89. The fraction of sp³-hybridized carbons (Fsp3) is 0.316. The van der Waals surface area contributed by atoms with Crippen molar-refractivity contribution >= 4 is 17.0 Å². The number of carbonyl (C=O) groups is 1. The van der Waals surface area contributed by atoms with Gasteiger partial charge in [-0.25, -0.2) is 4.98 Å². The lowest BCUT2D eigenvalue weighted by Crippen LogP contribution is -2.41. The van der Waals surface area contributed by atoms with Crippen molar-refractivity contribution in [2.45, 2.75) is 25.7 Å². The maximum Gasteiger partial charge on any atom is 0.260 e. The second-order valence-electron chi connectivity index (χ2n) is 6.49. The van der Waals surface area contributed by atoms with E-state index >= 15 is 0 Å². The molecule has 128 valence electrons. The molecule has 1 fully saturated rings. The summed E-state index contributed by atoms with van der Waals surface area (Å²) in [6.07, 6.45) is 1.78. The Bertz CT molecular complexity index is 956. The van der Waals surface area contributed by atoms with E-state index in [2.05, 4.69) is 9.97 Å². The monoisotopic (exact) mass is 337 g/mol. The molecule has 2 aromatic heterocycles. The summed E-state index contributed by atoms with van der Waals surface area (Å²) < 4.78 is 5.86. The molecule has 0 bridgehead atoms. The number of nitrogens with one attached hydrogen (secondary N) is 1. The van der Waals surface area contributed by atoms with Crippen LogP contribution in [0.5, 0.6) is 0 Å². The van der Waals surface area contributed by atoms with E-state index in [1.807, 2.05) is 24.3 Å². The Labute approximate surface area is 144 Å². The Kier molecular flexibility index (Phi) is 3.87. The highest BCUT2D eigenvalue weighted by molar-refractivity contribution is 5.94. The number of amides is 1. The minimum Gasteiger partial charge on any atom is -0.440 e. The topological polar surface area (TPSA) is 79.2 Å². The van der Waals surface area contributed by atoms with Crippen LogP contribution in [0.4, 0.5) is 0 Å². The summed E-state index contributed by atoms with van der Waals surface area (Å²) in [6.45, 7) is 2.95. The van der Waals surface area contributed by atoms with Crippen LogP contribution in [0, 0.1) is 6.92 Å². The van der Waals surface area contributed by atoms with Crippen LogP contribution in [0.3, 0.4) is 0 Å². The number of rotatable bonds is 2. The molecule has 0 radical (unpaired) electrons. The highest BCUT2D eigenvalue weighted by atomic mass is 16.3. The van der Waals surface area contributed by atoms with Gasteiger partial charge in [-0.1, -0.05) is 12.1 Å². The first-order chi connectivity index (χ1) is 12.1. The number of H-pyrrole nitrogens is 1. The first kappa shape index (κ1) is 15.6. The molecular weight excluding hydrogens is 318 g/mol. The van der Waals surface area contributed by atoms with Crippen LogP contribution >= 0.6 is 0 Å². The van der Waals surface area contributed by atoms with E-state index < -0.39 is 0 Å². The summed E-state index contributed by atoms with van der Waals surface area (Å²) in [6, 6.07) is 11.0. The Morgan fingerprint density at radius 3 is 2.92 bits per heavy atom. The molecular formula is C19H19N3O3. The van der Waals surface area contributed by atoms with Gasteiger partial charge in [0.05, 0.1) is 5.92 Å². The molecule has 1 atom stereocenters. The third kappa shape index (κ3) is 2.95. The Balaban J connectivity index is 1.58. The van der Waals surface area contributed by atoms with Crippen molar-refractivity contribution in [2.75, 3.05) is 13.1 Å². The zero-order valence-corrected chi connectivity index (χ0v) is 14.0. The molecule has 6 heteroatoms. The number of hydrogen-bond acceptors (Lipinski definition) is 4. The number of fused-ring (bicyclic) bond motifs is 1. The van der Waals surface area contributed by atoms with Crippen molar-refractivity contribution < 1.29 is 9.21 Å². The molecule has 1 aliphatic heterocycles. The molecule has 0 spiro atoms. The Morgan fingerprint density at radius 2 is 2.12 bits per heavy atom. The van der Waals surface area contributed by atoms with Crippen LogP contribution < -0.4 is 5.56 Å². The lowest BCUT2D eigenvalue weighted by Gasteiger charge is -2.31.